The van der Waals surface area contributed by atoms with E-state index in [0.717, 1.165) is 59.1 Å². The van der Waals surface area contributed by atoms with E-state index in [1.54, 1.807) is 23.2 Å². The van der Waals surface area contributed by atoms with E-state index in [9.17, 15) is 9.59 Å². The predicted octanol–water partition coefficient (Wildman–Crippen LogP) is 3.68. The van der Waals surface area contributed by atoms with E-state index < -0.39 is 0 Å². The number of benzene rings is 2. The topological polar surface area (TPSA) is 56.8 Å². The van der Waals surface area contributed by atoms with Crippen molar-refractivity contribution in [3.05, 3.63) is 70.7 Å². The van der Waals surface area contributed by atoms with Crippen molar-refractivity contribution >= 4 is 28.8 Å². The highest BCUT2D eigenvalue weighted by Crippen LogP contribution is 2.29. The highest BCUT2D eigenvalue weighted by Gasteiger charge is 2.26. The van der Waals surface area contributed by atoms with Gasteiger partial charge in [0.1, 0.15) is 5.01 Å². The van der Waals surface area contributed by atoms with Crippen molar-refractivity contribution in [3.8, 4) is 10.6 Å². The first-order valence-electron chi connectivity index (χ1n) is 11.0. The molecule has 2 aromatic carbocycles. The van der Waals surface area contributed by atoms with E-state index in [-0.39, 0.29) is 11.8 Å². The zero-order valence-corrected chi connectivity index (χ0v) is 19.0. The Morgan fingerprint density at radius 2 is 1.78 bits per heavy atom. The number of hydrogen-bond acceptors (Lipinski definition) is 5. The van der Waals surface area contributed by atoms with E-state index in [1.165, 1.54) is 0 Å². The summed E-state index contributed by atoms with van der Waals surface area (Å²) in [7, 11) is 0. The summed E-state index contributed by atoms with van der Waals surface area (Å²) in [6.07, 6.45) is 0.808. The molecule has 3 aromatic rings. The van der Waals surface area contributed by atoms with Gasteiger partial charge in [0.15, 0.2) is 0 Å². The van der Waals surface area contributed by atoms with Crippen LogP contribution in [-0.2, 0) is 17.8 Å². The maximum atomic E-state index is 13.1. The highest BCUT2D eigenvalue weighted by molar-refractivity contribution is 7.13. The maximum absolute atomic E-state index is 13.1. The molecular formula is C25H26N4O2S. The summed E-state index contributed by atoms with van der Waals surface area (Å²) < 4.78 is 0. The molecule has 1 aromatic heterocycles. The number of aromatic nitrogens is 1. The lowest BCUT2D eigenvalue weighted by Gasteiger charge is -2.34. The minimum atomic E-state index is 0.0509. The standard InChI is InChI=1S/C25H26N4O2S/c1-18(30)29-10-9-20-15-21(7-8-23(20)29)25(31)28-13-11-27(12-14-28)16-22-17-32-24(26-22)19-5-3-2-4-6-19/h2-8,15,17H,9-14,16H2,1H3. The Bertz CT molecular complexity index is 1140. The molecule has 7 heteroatoms. The molecule has 0 bridgehead atoms. The molecule has 2 aliphatic heterocycles. The highest BCUT2D eigenvalue weighted by atomic mass is 32.1. The van der Waals surface area contributed by atoms with Crippen LogP contribution in [0.5, 0.6) is 0 Å². The largest absolute Gasteiger partial charge is 0.336 e. The Morgan fingerprint density at radius 3 is 2.53 bits per heavy atom. The molecule has 5 rings (SSSR count). The SMILES string of the molecule is CC(=O)N1CCc2cc(C(=O)N3CCN(Cc4csc(-c5ccccc5)n4)CC3)ccc21. The molecule has 0 N–H and O–H groups in total. The van der Waals surface area contributed by atoms with Crippen molar-refractivity contribution in [1.82, 2.24) is 14.8 Å². The first-order valence-corrected chi connectivity index (χ1v) is 11.9. The summed E-state index contributed by atoms with van der Waals surface area (Å²) in [5.74, 6) is 0.128. The minimum absolute atomic E-state index is 0.0509. The Morgan fingerprint density at radius 1 is 1.00 bits per heavy atom. The molecule has 164 valence electrons. The molecule has 1 saturated heterocycles. The van der Waals surface area contributed by atoms with Crippen molar-refractivity contribution in [2.24, 2.45) is 0 Å². The second-order valence-corrected chi connectivity index (χ2v) is 9.20. The zero-order chi connectivity index (χ0) is 22.1. The van der Waals surface area contributed by atoms with Crippen LogP contribution in [0, 0.1) is 0 Å². The maximum Gasteiger partial charge on any atom is 0.253 e. The van der Waals surface area contributed by atoms with Crippen LogP contribution in [0.15, 0.2) is 53.9 Å². The summed E-state index contributed by atoms with van der Waals surface area (Å²) in [4.78, 5) is 35.7. The van der Waals surface area contributed by atoms with Gasteiger partial charge in [0.2, 0.25) is 5.91 Å². The Kier molecular flexibility index (Phi) is 5.76. The van der Waals surface area contributed by atoms with Gasteiger partial charge in [-0.1, -0.05) is 30.3 Å². The van der Waals surface area contributed by atoms with Gasteiger partial charge in [-0.05, 0) is 30.2 Å². The third-order valence-corrected chi connectivity index (χ3v) is 7.16. The number of amides is 2. The third kappa shape index (κ3) is 4.18. The number of rotatable bonds is 4. The fraction of sp³-hybridized carbons (Fsp3) is 0.320. The summed E-state index contributed by atoms with van der Waals surface area (Å²) in [6, 6.07) is 16.0. The van der Waals surface area contributed by atoms with E-state index in [4.69, 9.17) is 4.98 Å². The fourth-order valence-corrected chi connectivity index (χ4v) is 5.29. The Labute approximate surface area is 192 Å². The number of anilines is 1. The van der Waals surface area contributed by atoms with E-state index in [1.807, 2.05) is 41.3 Å². The molecule has 1 fully saturated rings. The molecule has 0 radical (unpaired) electrons. The molecule has 32 heavy (non-hydrogen) atoms. The van der Waals surface area contributed by atoms with Gasteiger partial charge >= 0.3 is 0 Å². The zero-order valence-electron chi connectivity index (χ0n) is 18.2. The molecule has 3 heterocycles. The van der Waals surface area contributed by atoms with Gasteiger partial charge < -0.3 is 9.80 Å². The molecule has 6 nitrogen and oxygen atoms in total. The molecule has 0 saturated carbocycles. The number of thiazole rings is 1. The quantitative estimate of drug-likeness (QED) is 0.614. The molecule has 0 spiro atoms. The van der Waals surface area contributed by atoms with Gasteiger partial charge in [0.05, 0.1) is 5.69 Å². The van der Waals surface area contributed by atoms with Gasteiger partial charge in [-0.3, -0.25) is 14.5 Å². The molecule has 0 aliphatic carbocycles. The van der Waals surface area contributed by atoms with Crippen LogP contribution in [0.3, 0.4) is 0 Å². The average molecular weight is 447 g/mol. The molecule has 0 atom stereocenters. The van der Waals surface area contributed by atoms with Gasteiger partial charge in [-0.15, -0.1) is 11.3 Å². The average Bonchev–Trinajstić information content (AvgIpc) is 3.46. The lowest BCUT2D eigenvalue weighted by molar-refractivity contribution is -0.116. The lowest BCUT2D eigenvalue weighted by Crippen LogP contribution is -2.48. The van der Waals surface area contributed by atoms with Gasteiger partial charge in [-0.2, -0.15) is 0 Å². The van der Waals surface area contributed by atoms with E-state index in [2.05, 4.69) is 22.4 Å². The molecule has 2 amide bonds. The number of hydrogen-bond donors (Lipinski definition) is 0. The Balaban J connectivity index is 1.18. The van der Waals surface area contributed by atoms with Gasteiger partial charge in [0.25, 0.3) is 5.91 Å². The Hall–Kier alpha value is -3.03. The number of fused-ring (bicyclic) bond motifs is 1. The first kappa shape index (κ1) is 20.8. The number of carbonyl (C=O) groups is 2. The summed E-state index contributed by atoms with van der Waals surface area (Å²) >= 11 is 1.68. The molecule has 0 unspecified atom stereocenters. The summed E-state index contributed by atoms with van der Waals surface area (Å²) in [5.41, 5.74) is 4.98. The number of nitrogens with zero attached hydrogens (tertiary/aromatic N) is 4. The monoisotopic (exact) mass is 446 g/mol. The van der Waals surface area contributed by atoms with Crippen LogP contribution < -0.4 is 4.90 Å². The third-order valence-electron chi connectivity index (χ3n) is 6.22. The lowest BCUT2D eigenvalue weighted by atomic mass is 10.1. The van der Waals surface area contributed by atoms with Crippen molar-refractivity contribution in [2.45, 2.75) is 19.9 Å². The van der Waals surface area contributed by atoms with Gasteiger partial charge in [-0.25, -0.2) is 4.98 Å². The van der Waals surface area contributed by atoms with Crippen molar-refractivity contribution in [3.63, 3.8) is 0 Å². The van der Waals surface area contributed by atoms with E-state index >= 15 is 0 Å². The predicted molar refractivity (Wildman–Crippen MR) is 127 cm³/mol. The van der Waals surface area contributed by atoms with Gasteiger partial charge in [0, 0.05) is 68.4 Å². The molecule has 2 aliphatic rings. The smallest absolute Gasteiger partial charge is 0.253 e. The van der Waals surface area contributed by atoms with Crippen LogP contribution in [0.25, 0.3) is 10.6 Å². The van der Waals surface area contributed by atoms with Crippen molar-refractivity contribution in [2.75, 3.05) is 37.6 Å². The van der Waals surface area contributed by atoms with Crippen LogP contribution in [-0.4, -0.2) is 59.3 Å². The van der Waals surface area contributed by atoms with Crippen LogP contribution >= 0.6 is 11.3 Å². The first-order chi connectivity index (χ1) is 15.6. The molecular weight excluding hydrogens is 420 g/mol. The van der Waals surface area contributed by atoms with Crippen molar-refractivity contribution in [1.29, 1.82) is 0 Å². The second-order valence-electron chi connectivity index (χ2n) is 8.34. The normalized spacial score (nSPS) is 16.3. The summed E-state index contributed by atoms with van der Waals surface area (Å²) in [5, 5.41) is 3.18. The second kappa shape index (κ2) is 8.84. The summed E-state index contributed by atoms with van der Waals surface area (Å²) in [6.45, 7) is 6.20. The van der Waals surface area contributed by atoms with Crippen LogP contribution in [0.2, 0.25) is 0 Å². The fourth-order valence-electron chi connectivity index (χ4n) is 4.48. The van der Waals surface area contributed by atoms with E-state index in [0.29, 0.717) is 19.6 Å². The van der Waals surface area contributed by atoms with Crippen LogP contribution in [0.1, 0.15) is 28.5 Å². The van der Waals surface area contributed by atoms with Crippen molar-refractivity contribution < 1.29 is 9.59 Å². The van der Waals surface area contributed by atoms with Crippen LogP contribution in [0.4, 0.5) is 5.69 Å². The number of carbonyl (C=O) groups excluding carboxylic acids is 2. The number of piperazine rings is 1. The minimum Gasteiger partial charge on any atom is -0.336 e.